The zero-order valence-corrected chi connectivity index (χ0v) is 73.6. The topological polar surface area (TPSA) is 418 Å². The summed E-state index contributed by atoms with van der Waals surface area (Å²) < 4.78 is 40.3. The number of aryl methyl sites for hydroxylation is 10. The maximum atomic E-state index is 9.83. The van der Waals surface area contributed by atoms with Crippen LogP contribution in [0.1, 0.15) is 204 Å². The fourth-order valence-electron chi connectivity index (χ4n) is 12.6. The molecule has 9 rings (SSSR count). The Labute approximate surface area is 709 Å². The molecule has 0 aliphatic rings. The van der Waals surface area contributed by atoms with Crippen molar-refractivity contribution >= 4 is 0 Å². The molecule has 0 aliphatic carbocycles. The summed E-state index contributed by atoms with van der Waals surface area (Å²) in [6.45, 7) is 19.9. The third-order valence-corrected chi connectivity index (χ3v) is 18.8. The van der Waals surface area contributed by atoms with Crippen LogP contribution in [0.3, 0.4) is 0 Å². The summed E-state index contributed by atoms with van der Waals surface area (Å²) in [6, 6.07) is 33.2. The van der Waals surface area contributed by atoms with Crippen molar-refractivity contribution in [3.63, 3.8) is 0 Å². The number of phenols is 12. The Balaban J connectivity index is 0.000000675. The van der Waals surface area contributed by atoms with Crippen LogP contribution in [0.4, 0.5) is 0 Å². The summed E-state index contributed by atoms with van der Waals surface area (Å²) in [5.74, 6) is 3.19. The number of aliphatic hydroxyl groups excluding tert-OH is 5. The molecule has 0 amide bonds. The highest BCUT2D eigenvalue weighted by atomic mass is 16.5. The molecule has 0 unspecified atom stereocenters. The van der Waals surface area contributed by atoms with Crippen molar-refractivity contribution in [3.05, 3.63) is 199 Å². The van der Waals surface area contributed by atoms with Crippen molar-refractivity contribution < 1.29 is 125 Å². The van der Waals surface area contributed by atoms with E-state index in [0.29, 0.717) is 80.2 Å². The van der Waals surface area contributed by atoms with Crippen LogP contribution in [0.25, 0.3) is 0 Å². The summed E-state index contributed by atoms with van der Waals surface area (Å²) in [5.41, 5.74) is 12.8. The second-order valence-corrected chi connectivity index (χ2v) is 27.3. The van der Waals surface area contributed by atoms with Gasteiger partial charge < -0.3 is 125 Å². The number of rotatable bonds is 31. The van der Waals surface area contributed by atoms with E-state index in [-0.39, 0.29) is 90.5 Å². The molecule has 0 aliphatic heterocycles. The molecule has 0 atom stereocenters. The fraction of sp³-hybridized carbons (Fsp3) is 0.432. The van der Waals surface area contributed by atoms with E-state index in [1.807, 2.05) is 76.2 Å². The summed E-state index contributed by atoms with van der Waals surface area (Å²) in [4.78, 5) is 0. The minimum absolute atomic E-state index is 0.0557. The Bertz CT molecular complexity index is 4270. The number of methoxy groups -OCH3 is 8. The van der Waals surface area contributed by atoms with Gasteiger partial charge in [0.15, 0.2) is 80.5 Å². The smallest absolute Gasteiger partial charge is 0.203 e. The molecule has 9 aromatic rings. The molecule has 0 bridgehead atoms. The van der Waals surface area contributed by atoms with E-state index >= 15 is 0 Å². The minimum Gasteiger partial charge on any atom is -0.508 e. The van der Waals surface area contributed by atoms with Crippen molar-refractivity contribution in [1.29, 1.82) is 0 Å². The van der Waals surface area contributed by atoms with Gasteiger partial charge >= 0.3 is 0 Å². The van der Waals surface area contributed by atoms with Gasteiger partial charge in [0.1, 0.15) is 17.2 Å². The van der Waals surface area contributed by atoms with E-state index in [1.54, 1.807) is 69.9 Å². The van der Waals surface area contributed by atoms with Gasteiger partial charge in [-0.2, -0.15) is 0 Å². The van der Waals surface area contributed by atoms with Crippen molar-refractivity contribution in [1.82, 2.24) is 0 Å². The first-order valence-electron chi connectivity index (χ1n) is 40.5. The highest BCUT2D eigenvalue weighted by Gasteiger charge is 2.19. The van der Waals surface area contributed by atoms with Crippen LogP contribution in [0.2, 0.25) is 0 Å². The Morgan fingerprint density at radius 2 is 0.483 bits per heavy atom. The highest BCUT2D eigenvalue weighted by molar-refractivity contribution is 5.58. The number of benzene rings is 9. The predicted octanol–water partition coefficient (Wildman–Crippen LogP) is 18.1. The predicted molar refractivity (Wildman–Crippen MR) is 471 cm³/mol. The van der Waals surface area contributed by atoms with E-state index in [0.717, 1.165) is 165 Å². The number of aliphatic hydroxyl groups is 5. The minimum atomic E-state index is -0.430. The summed E-state index contributed by atoms with van der Waals surface area (Å²) in [6.07, 6.45) is 16.5. The van der Waals surface area contributed by atoms with Crippen LogP contribution in [0.15, 0.2) is 115 Å². The van der Waals surface area contributed by atoms with Gasteiger partial charge in [0.05, 0.1) is 89.9 Å². The van der Waals surface area contributed by atoms with Gasteiger partial charge in [0.25, 0.3) is 0 Å². The molecule has 0 heterocycles. The molecule has 0 fully saturated rings. The molecule has 0 spiro atoms. The van der Waals surface area contributed by atoms with Gasteiger partial charge in [-0.15, -0.1) is 0 Å². The lowest BCUT2D eigenvalue weighted by molar-refractivity contribution is 0.269. The normalized spacial score (nSPS) is 10.1. The monoisotopic (exact) mass is 1680 g/mol. The van der Waals surface area contributed by atoms with Gasteiger partial charge in [-0.1, -0.05) is 181 Å². The van der Waals surface area contributed by atoms with E-state index in [9.17, 15) is 61.3 Å². The molecule has 0 aromatic heterocycles. The second kappa shape index (κ2) is 59.4. The molecule has 0 radical (unpaired) electrons. The zero-order valence-electron chi connectivity index (χ0n) is 73.6. The van der Waals surface area contributed by atoms with E-state index in [4.69, 9.17) is 63.4 Å². The van der Waals surface area contributed by atoms with Crippen LogP contribution in [0, 0.1) is 6.92 Å². The van der Waals surface area contributed by atoms with Gasteiger partial charge in [-0.3, -0.25) is 0 Å². The fourth-order valence-corrected chi connectivity index (χ4v) is 12.6. The summed E-state index contributed by atoms with van der Waals surface area (Å²) in [5, 5.41) is 159. The molecule has 0 saturated heterocycles. The third kappa shape index (κ3) is 32.8. The standard InChI is InChI=1S/C12H18O2.4C11H16O3.2C10H14O3.C10H14O2.C9H12O3/c1-4-5-10-7-6-9(2)12(14-3)11(10)8-13;1-4-5-8-6-7-9(13-2)11(14-3)10(8)12;1-3-4-8-5-6-10(14-2)11(13)9(8)7-12;2*1-3-4-8-5-6-10(13)11(14-2)9(8)7-12;1-3-4-7-5-6-8(13-2)10(12)9(7)11;1-2-3-7-4-5-9(12)10(13)8(7)6-11;1-3-4-8-5-6-9(12-2)7-10(8)11;1-2-3-6-4-5-7(10)9(12)8(6)11/h6-7,13H,4-5,8H2,1-3H3;6-7,12H,4-5H2,1-3H3;3*5-6,12-13H,3-4,7H2,1-2H3;5-6,11-12H,3-4H2,1-2H3;4-5,11-13H,2-3,6H2,1H3;5-7,11H,3-4H2,1-2H3;4-5,10-12H,2-3H2,1H3. The first-order valence-corrected chi connectivity index (χ1v) is 40.5. The van der Waals surface area contributed by atoms with Crippen molar-refractivity contribution in [2.75, 3.05) is 56.9 Å². The lowest BCUT2D eigenvalue weighted by Gasteiger charge is -2.13. The van der Waals surface area contributed by atoms with Gasteiger partial charge in [0, 0.05) is 33.9 Å². The number of ether oxygens (including phenoxy) is 8. The summed E-state index contributed by atoms with van der Waals surface area (Å²) in [7, 11) is 12.2. The van der Waals surface area contributed by atoms with E-state index < -0.39 is 5.75 Å². The molecule has 0 saturated carbocycles. The van der Waals surface area contributed by atoms with Gasteiger partial charge in [-0.25, -0.2) is 0 Å². The maximum Gasteiger partial charge on any atom is 0.203 e. The number of aromatic hydroxyl groups is 12. The molecule has 9 aromatic carbocycles. The van der Waals surface area contributed by atoms with E-state index in [2.05, 4.69) is 47.6 Å². The Morgan fingerprint density at radius 3 is 0.842 bits per heavy atom. The summed E-state index contributed by atoms with van der Waals surface area (Å²) >= 11 is 0. The first-order chi connectivity index (χ1) is 57.5. The quantitative estimate of drug-likeness (QED) is 0.0179. The van der Waals surface area contributed by atoms with Crippen molar-refractivity contribution in [2.24, 2.45) is 0 Å². The average Bonchev–Trinajstić information content (AvgIpc) is 0.837. The first kappa shape index (κ1) is 107. The molecule has 120 heavy (non-hydrogen) atoms. The number of hydrogen-bond acceptors (Lipinski definition) is 25. The van der Waals surface area contributed by atoms with Gasteiger partial charge in [-0.05, 0) is 169 Å². The third-order valence-electron chi connectivity index (χ3n) is 18.8. The van der Waals surface area contributed by atoms with Crippen LogP contribution >= 0.6 is 0 Å². The lowest BCUT2D eigenvalue weighted by atomic mass is 10.00. The van der Waals surface area contributed by atoms with Gasteiger partial charge in [0.2, 0.25) is 17.2 Å². The molecule has 666 valence electrons. The maximum absolute atomic E-state index is 9.83. The molecule has 17 N–H and O–H groups in total. The molecular formula is C95H136O25. The highest BCUT2D eigenvalue weighted by Crippen LogP contribution is 2.42. The van der Waals surface area contributed by atoms with Crippen molar-refractivity contribution in [3.8, 4) is 115 Å². The molecular weight excluding hydrogens is 1540 g/mol. The van der Waals surface area contributed by atoms with Crippen LogP contribution in [-0.2, 0) is 90.8 Å². The average molecular weight is 1680 g/mol. The SMILES string of the molecule is CCCc1ccc(C)c(OC)c1CO.CCCc1ccc(O)c(O)c1CO.CCCc1ccc(O)c(O)c1O.CCCc1ccc(O)c(OC)c1CO.CCCc1ccc(O)c(OC)c1CO.CCCc1ccc(OC)c(O)c1CO.CCCc1ccc(OC)c(O)c1O.CCCc1ccc(OC)c(OC)c1O.CCCc1ccc(OC)cc1O. The molecule has 25 nitrogen and oxygen atoms in total. The Kier molecular flexibility index (Phi) is 52.9. The second-order valence-electron chi connectivity index (χ2n) is 27.3. The molecule has 25 heteroatoms. The zero-order chi connectivity index (χ0) is 90.6. The van der Waals surface area contributed by atoms with E-state index in [1.165, 1.54) is 53.2 Å². The van der Waals surface area contributed by atoms with Crippen LogP contribution in [0.5, 0.6) is 115 Å². The lowest BCUT2D eigenvalue weighted by Crippen LogP contribution is -2.00. The Morgan fingerprint density at radius 1 is 0.208 bits per heavy atom. The number of hydrogen-bond donors (Lipinski definition) is 17. The van der Waals surface area contributed by atoms with Crippen LogP contribution < -0.4 is 37.9 Å². The van der Waals surface area contributed by atoms with Crippen LogP contribution in [-0.4, -0.2) is 144 Å². The van der Waals surface area contributed by atoms with Crippen molar-refractivity contribution in [2.45, 2.75) is 218 Å². The Hall–Kier alpha value is -11.2. The number of phenolic OH excluding ortho intramolecular Hbond substituents is 10. The largest absolute Gasteiger partial charge is 0.508 e.